The number of thiophene rings is 1. The van der Waals surface area contributed by atoms with Gasteiger partial charge in [0, 0.05) is 18.4 Å². The number of carbonyl (C=O) groups excluding carboxylic acids is 1. The SMILES string of the molecule is CCC(C)NC(=O)Cn1ccnc1-c1cccs1. The second-order valence-corrected chi connectivity index (χ2v) is 5.18. The molecule has 5 heteroatoms. The summed E-state index contributed by atoms with van der Waals surface area (Å²) < 4.78 is 1.88. The molecule has 0 fully saturated rings. The van der Waals surface area contributed by atoms with Crippen LogP contribution in [0.1, 0.15) is 20.3 Å². The van der Waals surface area contributed by atoms with E-state index in [1.165, 1.54) is 0 Å². The summed E-state index contributed by atoms with van der Waals surface area (Å²) in [5.74, 6) is 0.879. The van der Waals surface area contributed by atoms with Crippen LogP contribution in [0.4, 0.5) is 0 Å². The molecule has 0 radical (unpaired) electrons. The van der Waals surface area contributed by atoms with Gasteiger partial charge in [0.2, 0.25) is 5.91 Å². The van der Waals surface area contributed by atoms with Crippen molar-refractivity contribution in [2.75, 3.05) is 0 Å². The summed E-state index contributed by atoms with van der Waals surface area (Å²) in [6.45, 7) is 4.38. The fourth-order valence-electron chi connectivity index (χ4n) is 1.64. The van der Waals surface area contributed by atoms with Crippen LogP contribution in [0.2, 0.25) is 0 Å². The maximum Gasteiger partial charge on any atom is 0.240 e. The highest BCUT2D eigenvalue weighted by Gasteiger charge is 2.11. The third kappa shape index (κ3) is 2.98. The number of imidazole rings is 1. The van der Waals surface area contributed by atoms with E-state index in [9.17, 15) is 4.79 Å². The summed E-state index contributed by atoms with van der Waals surface area (Å²) >= 11 is 1.63. The van der Waals surface area contributed by atoms with Crippen LogP contribution in [-0.4, -0.2) is 21.5 Å². The van der Waals surface area contributed by atoms with Crippen LogP contribution in [0, 0.1) is 0 Å². The van der Waals surface area contributed by atoms with Gasteiger partial charge in [-0.3, -0.25) is 4.79 Å². The van der Waals surface area contributed by atoms with E-state index in [1.54, 1.807) is 17.5 Å². The maximum atomic E-state index is 11.8. The van der Waals surface area contributed by atoms with Crippen molar-refractivity contribution in [3.63, 3.8) is 0 Å². The van der Waals surface area contributed by atoms with E-state index in [2.05, 4.69) is 17.2 Å². The fourth-order valence-corrected chi connectivity index (χ4v) is 2.38. The number of carbonyl (C=O) groups is 1. The lowest BCUT2D eigenvalue weighted by Gasteiger charge is -2.12. The lowest BCUT2D eigenvalue weighted by Crippen LogP contribution is -2.34. The highest BCUT2D eigenvalue weighted by atomic mass is 32.1. The molecule has 2 aromatic heterocycles. The molecular weight excluding hydrogens is 246 g/mol. The smallest absolute Gasteiger partial charge is 0.240 e. The Balaban J connectivity index is 2.07. The van der Waals surface area contributed by atoms with E-state index >= 15 is 0 Å². The lowest BCUT2D eigenvalue weighted by molar-refractivity contribution is -0.122. The van der Waals surface area contributed by atoms with Gasteiger partial charge < -0.3 is 9.88 Å². The maximum absolute atomic E-state index is 11.8. The van der Waals surface area contributed by atoms with E-state index in [1.807, 2.05) is 35.2 Å². The number of hydrogen-bond acceptors (Lipinski definition) is 3. The van der Waals surface area contributed by atoms with Gasteiger partial charge in [-0.25, -0.2) is 4.98 Å². The van der Waals surface area contributed by atoms with Gasteiger partial charge in [-0.15, -0.1) is 11.3 Å². The minimum atomic E-state index is 0.0279. The number of aromatic nitrogens is 2. The average Bonchev–Trinajstić information content (AvgIpc) is 2.98. The highest BCUT2D eigenvalue weighted by Crippen LogP contribution is 2.22. The molecule has 18 heavy (non-hydrogen) atoms. The van der Waals surface area contributed by atoms with Crippen LogP contribution in [0.25, 0.3) is 10.7 Å². The predicted molar refractivity (Wildman–Crippen MR) is 73.4 cm³/mol. The first-order valence-corrected chi connectivity index (χ1v) is 6.93. The predicted octanol–water partition coefficient (Wildman–Crippen LogP) is 2.53. The topological polar surface area (TPSA) is 46.9 Å². The number of hydrogen-bond donors (Lipinski definition) is 1. The summed E-state index contributed by atoms with van der Waals surface area (Å²) in [5.41, 5.74) is 0. The summed E-state index contributed by atoms with van der Waals surface area (Å²) in [6.07, 6.45) is 4.50. The normalized spacial score (nSPS) is 12.3. The largest absolute Gasteiger partial charge is 0.352 e. The summed E-state index contributed by atoms with van der Waals surface area (Å²) in [7, 11) is 0. The summed E-state index contributed by atoms with van der Waals surface area (Å²) in [5, 5.41) is 4.96. The van der Waals surface area contributed by atoms with Crippen LogP contribution in [0.3, 0.4) is 0 Å². The van der Waals surface area contributed by atoms with Crippen LogP contribution < -0.4 is 5.32 Å². The molecule has 1 amide bonds. The third-order valence-electron chi connectivity index (χ3n) is 2.79. The van der Waals surface area contributed by atoms with Gasteiger partial charge in [-0.1, -0.05) is 13.0 Å². The van der Waals surface area contributed by atoms with Gasteiger partial charge in [-0.2, -0.15) is 0 Å². The molecule has 0 aliphatic heterocycles. The Kier molecular flexibility index (Phi) is 4.15. The van der Waals surface area contributed by atoms with Gasteiger partial charge in [0.25, 0.3) is 0 Å². The van der Waals surface area contributed by atoms with Crippen LogP contribution in [0.5, 0.6) is 0 Å². The highest BCUT2D eigenvalue weighted by molar-refractivity contribution is 7.13. The zero-order chi connectivity index (χ0) is 13.0. The first-order chi connectivity index (χ1) is 8.70. The minimum Gasteiger partial charge on any atom is -0.352 e. The molecule has 0 aliphatic carbocycles. The van der Waals surface area contributed by atoms with E-state index in [0.717, 1.165) is 17.1 Å². The zero-order valence-corrected chi connectivity index (χ0v) is 11.4. The molecule has 0 saturated heterocycles. The molecular formula is C13H17N3OS. The van der Waals surface area contributed by atoms with Gasteiger partial charge in [-0.05, 0) is 24.8 Å². The van der Waals surface area contributed by atoms with Crippen LogP contribution in [0.15, 0.2) is 29.9 Å². The van der Waals surface area contributed by atoms with E-state index < -0.39 is 0 Å². The van der Waals surface area contributed by atoms with Crippen LogP contribution >= 0.6 is 11.3 Å². The third-order valence-corrected chi connectivity index (χ3v) is 3.66. The van der Waals surface area contributed by atoms with Gasteiger partial charge in [0.1, 0.15) is 12.4 Å². The minimum absolute atomic E-state index is 0.0279. The molecule has 2 heterocycles. The van der Waals surface area contributed by atoms with E-state index in [-0.39, 0.29) is 11.9 Å². The van der Waals surface area contributed by atoms with Crippen molar-refractivity contribution < 1.29 is 4.79 Å². The molecule has 2 aromatic rings. The molecule has 0 bridgehead atoms. The molecule has 1 N–H and O–H groups in total. The zero-order valence-electron chi connectivity index (χ0n) is 10.6. The molecule has 0 spiro atoms. The van der Waals surface area contributed by atoms with Crippen molar-refractivity contribution in [3.05, 3.63) is 29.9 Å². The lowest BCUT2D eigenvalue weighted by atomic mass is 10.2. The summed E-state index contributed by atoms with van der Waals surface area (Å²) in [4.78, 5) is 17.2. The van der Waals surface area contributed by atoms with Crippen LogP contribution in [-0.2, 0) is 11.3 Å². The van der Waals surface area contributed by atoms with Crippen molar-refractivity contribution >= 4 is 17.2 Å². The first kappa shape index (κ1) is 12.8. The van der Waals surface area contributed by atoms with E-state index in [0.29, 0.717) is 6.54 Å². The Morgan fingerprint density at radius 1 is 1.61 bits per heavy atom. The molecule has 4 nitrogen and oxygen atoms in total. The molecule has 0 saturated carbocycles. The van der Waals surface area contributed by atoms with Gasteiger partial charge in [0.15, 0.2) is 0 Å². The van der Waals surface area contributed by atoms with Crippen molar-refractivity contribution in [3.8, 4) is 10.7 Å². The average molecular weight is 263 g/mol. The molecule has 96 valence electrons. The Bertz CT molecular complexity index is 504. The Morgan fingerprint density at radius 2 is 2.44 bits per heavy atom. The fraction of sp³-hybridized carbons (Fsp3) is 0.385. The van der Waals surface area contributed by atoms with Crippen molar-refractivity contribution in [1.29, 1.82) is 0 Å². The number of rotatable bonds is 5. The van der Waals surface area contributed by atoms with E-state index in [4.69, 9.17) is 0 Å². The second kappa shape index (κ2) is 5.82. The Morgan fingerprint density at radius 3 is 3.11 bits per heavy atom. The molecule has 2 rings (SSSR count). The van der Waals surface area contributed by atoms with Crippen molar-refractivity contribution in [2.45, 2.75) is 32.9 Å². The first-order valence-electron chi connectivity index (χ1n) is 6.05. The van der Waals surface area contributed by atoms with Crippen molar-refractivity contribution in [1.82, 2.24) is 14.9 Å². The second-order valence-electron chi connectivity index (χ2n) is 4.23. The Labute approximate surface area is 111 Å². The summed E-state index contributed by atoms with van der Waals surface area (Å²) in [6, 6.07) is 4.21. The monoisotopic (exact) mass is 263 g/mol. The molecule has 1 unspecified atom stereocenters. The number of nitrogens with one attached hydrogen (secondary N) is 1. The number of nitrogens with zero attached hydrogens (tertiary/aromatic N) is 2. The molecule has 0 aliphatic rings. The van der Waals surface area contributed by atoms with Gasteiger partial charge >= 0.3 is 0 Å². The van der Waals surface area contributed by atoms with Gasteiger partial charge in [0.05, 0.1) is 4.88 Å². The molecule has 1 atom stereocenters. The Hall–Kier alpha value is -1.62. The molecule has 0 aromatic carbocycles. The van der Waals surface area contributed by atoms with Crippen molar-refractivity contribution in [2.24, 2.45) is 0 Å². The number of amides is 1. The quantitative estimate of drug-likeness (QED) is 0.901. The standard InChI is InChI=1S/C13H17N3OS/c1-3-10(2)15-12(17)9-16-7-6-14-13(16)11-5-4-8-18-11/h4-8,10H,3,9H2,1-2H3,(H,15,17).